The second kappa shape index (κ2) is 8.04. The Hall–Kier alpha value is -2.97. The molecule has 152 valence electrons. The average Bonchev–Trinajstić information content (AvgIpc) is 2.97. The molecule has 8 heteroatoms. The number of thioether (sulfide) groups is 1. The van der Waals surface area contributed by atoms with Crippen LogP contribution in [-0.2, 0) is 11.3 Å². The highest BCUT2D eigenvalue weighted by molar-refractivity contribution is 8.26. The van der Waals surface area contributed by atoms with E-state index in [1.807, 2.05) is 50.2 Å². The molecule has 4 rings (SSSR count). The molecular weight excluding hydrogens is 416 g/mol. The Labute approximate surface area is 183 Å². The van der Waals surface area contributed by atoms with Crippen molar-refractivity contribution in [2.75, 3.05) is 12.4 Å². The molecule has 1 amide bonds. The van der Waals surface area contributed by atoms with Crippen LogP contribution >= 0.6 is 24.0 Å². The molecule has 0 bridgehead atoms. The Kier molecular flexibility index (Phi) is 5.44. The van der Waals surface area contributed by atoms with Crippen molar-refractivity contribution in [3.8, 4) is 0 Å². The van der Waals surface area contributed by atoms with Gasteiger partial charge in [0.1, 0.15) is 15.8 Å². The summed E-state index contributed by atoms with van der Waals surface area (Å²) >= 11 is 6.39. The van der Waals surface area contributed by atoms with E-state index in [1.165, 1.54) is 26.6 Å². The largest absolute Gasteiger partial charge is 0.365 e. The van der Waals surface area contributed by atoms with E-state index in [4.69, 9.17) is 12.2 Å². The van der Waals surface area contributed by atoms with Gasteiger partial charge in [0.05, 0.1) is 10.5 Å². The number of aromatic nitrogens is 2. The van der Waals surface area contributed by atoms with E-state index in [-0.39, 0.29) is 11.5 Å². The summed E-state index contributed by atoms with van der Waals surface area (Å²) in [5.41, 5.74) is 3.82. The number of nitrogens with zero attached hydrogens (tertiary/aromatic N) is 3. The number of amides is 1. The van der Waals surface area contributed by atoms with Gasteiger partial charge in [0.25, 0.3) is 11.5 Å². The number of hydrogen-bond donors (Lipinski definition) is 1. The molecule has 0 atom stereocenters. The zero-order chi connectivity index (χ0) is 21.4. The monoisotopic (exact) mass is 436 g/mol. The molecule has 3 aromatic rings. The molecule has 2 aromatic heterocycles. The fourth-order valence-electron chi connectivity index (χ4n) is 3.09. The summed E-state index contributed by atoms with van der Waals surface area (Å²) < 4.78 is 1.97. The molecule has 30 heavy (non-hydrogen) atoms. The standard InChI is InChI=1S/C22H20N4O2S2/c1-13-4-7-15(8-5-13)11-23-19-16(10-17-21(28)25(3)22(29)30-17)20(27)26-12-14(2)6-9-18(26)24-19/h4-10,12,23H,11H2,1-3H3. The highest BCUT2D eigenvalue weighted by Crippen LogP contribution is 2.31. The van der Waals surface area contributed by atoms with E-state index >= 15 is 0 Å². The summed E-state index contributed by atoms with van der Waals surface area (Å²) in [5.74, 6) is 0.217. The van der Waals surface area contributed by atoms with E-state index < -0.39 is 0 Å². The van der Waals surface area contributed by atoms with Crippen LogP contribution in [0.4, 0.5) is 5.82 Å². The second-order valence-electron chi connectivity index (χ2n) is 7.19. The lowest BCUT2D eigenvalue weighted by atomic mass is 10.1. The topological polar surface area (TPSA) is 66.7 Å². The Morgan fingerprint density at radius 1 is 1.10 bits per heavy atom. The summed E-state index contributed by atoms with van der Waals surface area (Å²) in [7, 11) is 1.63. The minimum atomic E-state index is -0.239. The van der Waals surface area contributed by atoms with Crippen molar-refractivity contribution in [1.82, 2.24) is 14.3 Å². The van der Waals surface area contributed by atoms with Crippen LogP contribution in [0.1, 0.15) is 22.3 Å². The number of pyridine rings is 1. The van der Waals surface area contributed by atoms with Gasteiger partial charge in [-0.15, -0.1) is 0 Å². The third kappa shape index (κ3) is 3.88. The molecule has 0 saturated carbocycles. The predicted octanol–water partition coefficient (Wildman–Crippen LogP) is 3.75. The first-order chi connectivity index (χ1) is 14.3. The van der Waals surface area contributed by atoms with Crippen LogP contribution in [0.3, 0.4) is 0 Å². The molecule has 0 spiro atoms. The van der Waals surface area contributed by atoms with Gasteiger partial charge < -0.3 is 5.32 Å². The van der Waals surface area contributed by atoms with Crippen molar-refractivity contribution in [1.29, 1.82) is 0 Å². The van der Waals surface area contributed by atoms with E-state index in [0.717, 1.165) is 11.1 Å². The molecule has 3 heterocycles. The third-order valence-corrected chi connectivity index (χ3v) is 6.33. The fraction of sp³-hybridized carbons (Fsp3) is 0.182. The summed E-state index contributed by atoms with van der Waals surface area (Å²) in [5, 5.41) is 3.27. The third-order valence-electron chi connectivity index (χ3n) is 4.85. The molecule has 1 N–H and O–H groups in total. The summed E-state index contributed by atoms with van der Waals surface area (Å²) in [4.78, 5) is 32.2. The number of carbonyl (C=O) groups excluding carboxylic acids is 1. The lowest BCUT2D eigenvalue weighted by Gasteiger charge is -2.12. The highest BCUT2D eigenvalue weighted by Gasteiger charge is 2.29. The van der Waals surface area contributed by atoms with Crippen molar-refractivity contribution >= 4 is 51.7 Å². The maximum absolute atomic E-state index is 13.3. The first-order valence-corrected chi connectivity index (χ1v) is 10.6. The van der Waals surface area contributed by atoms with Crippen LogP contribution in [0.15, 0.2) is 52.3 Å². The quantitative estimate of drug-likeness (QED) is 0.496. The van der Waals surface area contributed by atoms with Gasteiger partial charge in [-0.1, -0.05) is 59.9 Å². The number of benzene rings is 1. The van der Waals surface area contributed by atoms with E-state index in [1.54, 1.807) is 19.3 Å². The number of fused-ring (bicyclic) bond motifs is 1. The molecule has 6 nitrogen and oxygen atoms in total. The van der Waals surface area contributed by atoms with Gasteiger partial charge >= 0.3 is 0 Å². The Bertz CT molecular complexity index is 1260. The molecule has 1 saturated heterocycles. The van der Waals surface area contributed by atoms with Gasteiger partial charge in [-0.3, -0.25) is 18.9 Å². The molecule has 1 fully saturated rings. The summed E-state index contributed by atoms with van der Waals surface area (Å²) in [6, 6.07) is 11.9. The minimum Gasteiger partial charge on any atom is -0.365 e. The molecular formula is C22H20N4O2S2. The molecule has 0 radical (unpaired) electrons. The number of hydrogen-bond acceptors (Lipinski definition) is 6. The summed E-state index contributed by atoms with van der Waals surface area (Å²) in [6.45, 7) is 4.45. The highest BCUT2D eigenvalue weighted by atomic mass is 32.2. The van der Waals surface area contributed by atoms with Crippen LogP contribution in [-0.4, -0.2) is 31.6 Å². The van der Waals surface area contributed by atoms with Crippen molar-refractivity contribution in [3.05, 3.63) is 80.1 Å². The van der Waals surface area contributed by atoms with Gasteiger partial charge in [-0.2, -0.15) is 0 Å². The van der Waals surface area contributed by atoms with Crippen LogP contribution < -0.4 is 10.9 Å². The lowest BCUT2D eigenvalue weighted by molar-refractivity contribution is -0.121. The summed E-state index contributed by atoms with van der Waals surface area (Å²) in [6.07, 6.45) is 3.33. The normalized spacial score (nSPS) is 15.4. The number of rotatable bonds is 4. The molecule has 1 aliphatic heterocycles. The van der Waals surface area contributed by atoms with Gasteiger partial charge in [-0.25, -0.2) is 4.98 Å². The minimum absolute atomic E-state index is 0.219. The molecule has 0 aliphatic carbocycles. The average molecular weight is 437 g/mol. The smallest absolute Gasteiger partial charge is 0.267 e. The first kappa shape index (κ1) is 20.3. The number of thiocarbonyl (C=S) groups is 1. The van der Waals surface area contributed by atoms with Crippen LogP contribution in [0, 0.1) is 13.8 Å². The predicted molar refractivity (Wildman–Crippen MR) is 126 cm³/mol. The zero-order valence-corrected chi connectivity index (χ0v) is 18.4. The van der Waals surface area contributed by atoms with Gasteiger partial charge in [0.15, 0.2) is 0 Å². The zero-order valence-electron chi connectivity index (χ0n) is 16.8. The Morgan fingerprint density at radius 3 is 2.47 bits per heavy atom. The van der Waals surface area contributed by atoms with Crippen LogP contribution in [0.25, 0.3) is 11.7 Å². The Morgan fingerprint density at radius 2 is 1.80 bits per heavy atom. The second-order valence-corrected chi connectivity index (χ2v) is 8.87. The van der Waals surface area contributed by atoms with E-state index in [9.17, 15) is 9.59 Å². The molecule has 1 aromatic carbocycles. The van der Waals surface area contributed by atoms with Crippen LogP contribution in [0.2, 0.25) is 0 Å². The Balaban J connectivity index is 1.81. The molecule has 0 unspecified atom stereocenters. The maximum atomic E-state index is 13.3. The fourth-order valence-corrected chi connectivity index (χ4v) is 4.25. The van der Waals surface area contributed by atoms with Crippen molar-refractivity contribution in [3.63, 3.8) is 0 Å². The number of anilines is 1. The van der Waals surface area contributed by atoms with Crippen molar-refractivity contribution in [2.24, 2.45) is 0 Å². The van der Waals surface area contributed by atoms with Gasteiger partial charge in [0.2, 0.25) is 0 Å². The number of aryl methyl sites for hydroxylation is 2. The molecule has 1 aliphatic rings. The van der Waals surface area contributed by atoms with Crippen LogP contribution in [0.5, 0.6) is 0 Å². The van der Waals surface area contributed by atoms with Crippen molar-refractivity contribution < 1.29 is 4.79 Å². The number of nitrogens with one attached hydrogen (secondary N) is 1. The maximum Gasteiger partial charge on any atom is 0.267 e. The van der Waals surface area contributed by atoms with E-state index in [2.05, 4.69) is 10.3 Å². The lowest BCUT2D eigenvalue weighted by Crippen LogP contribution is -2.23. The SMILES string of the molecule is Cc1ccc(CNc2nc3ccc(C)cn3c(=O)c2C=C2SC(=S)N(C)C2=O)cc1. The van der Waals surface area contributed by atoms with Gasteiger partial charge in [-0.05, 0) is 37.1 Å². The number of likely N-dealkylation sites (N-methyl/N-ethyl adjacent to an activating group) is 1. The van der Waals surface area contributed by atoms with Crippen molar-refractivity contribution in [2.45, 2.75) is 20.4 Å². The first-order valence-electron chi connectivity index (χ1n) is 9.37. The van der Waals surface area contributed by atoms with Gasteiger partial charge in [0, 0.05) is 19.8 Å². The van der Waals surface area contributed by atoms with E-state index in [0.29, 0.717) is 32.8 Å². The number of carbonyl (C=O) groups is 1.